The summed E-state index contributed by atoms with van der Waals surface area (Å²) in [5, 5.41) is 0.573. The van der Waals surface area contributed by atoms with Gasteiger partial charge in [-0.25, -0.2) is 4.98 Å². The Morgan fingerprint density at radius 3 is 2.60 bits per heavy atom. The van der Waals surface area contributed by atoms with Gasteiger partial charge in [0.15, 0.2) is 5.75 Å². The lowest BCUT2D eigenvalue weighted by molar-refractivity contribution is 0.465. The Kier molecular flexibility index (Phi) is 2.74. The fourth-order valence-electron chi connectivity index (χ4n) is 1.11. The molecule has 2 rings (SSSR count). The van der Waals surface area contributed by atoms with Gasteiger partial charge in [-0.2, -0.15) is 0 Å². The molecule has 0 aliphatic carbocycles. The maximum absolute atomic E-state index is 5.72. The molecule has 0 saturated carbocycles. The standard InChI is InChI=1S/C11H9ClN2O/c12-8-5-6-11(14-7-8)15-10-4-2-1-3-9(10)13/h1-7H,13H2. The molecule has 76 valence electrons. The molecule has 0 atom stereocenters. The Balaban J connectivity index is 2.22. The van der Waals surface area contributed by atoms with Gasteiger partial charge in [-0.1, -0.05) is 23.7 Å². The summed E-state index contributed by atoms with van der Waals surface area (Å²) in [6.07, 6.45) is 1.52. The van der Waals surface area contributed by atoms with E-state index in [2.05, 4.69) is 4.98 Å². The first-order valence-electron chi connectivity index (χ1n) is 4.39. The summed E-state index contributed by atoms with van der Waals surface area (Å²) in [4.78, 5) is 4.00. The molecule has 0 radical (unpaired) electrons. The monoisotopic (exact) mass is 220 g/mol. The predicted octanol–water partition coefficient (Wildman–Crippen LogP) is 3.11. The highest BCUT2D eigenvalue weighted by Crippen LogP contribution is 2.25. The van der Waals surface area contributed by atoms with Gasteiger partial charge in [-0.05, 0) is 18.2 Å². The van der Waals surface area contributed by atoms with Crippen molar-refractivity contribution in [3.05, 3.63) is 47.6 Å². The molecule has 1 aromatic carbocycles. The van der Waals surface area contributed by atoms with Crippen molar-refractivity contribution in [2.24, 2.45) is 0 Å². The summed E-state index contributed by atoms with van der Waals surface area (Å²) >= 11 is 5.70. The summed E-state index contributed by atoms with van der Waals surface area (Å²) in [6.45, 7) is 0. The molecule has 1 aromatic heterocycles. The van der Waals surface area contributed by atoms with Gasteiger partial charge in [0.05, 0.1) is 10.7 Å². The Bertz CT molecular complexity index is 456. The number of hydrogen-bond acceptors (Lipinski definition) is 3. The Morgan fingerprint density at radius 2 is 1.93 bits per heavy atom. The van der Waals surface area contributed by atoms with Crippen molar-refractivity contribution in [2.45, 2.75) is 0 Å². The predicted molar refractivity (Wildman–Crippen MR) is 60.2 cm³/mol. The molecule has 3 nitrogen and oxygen atoms in total. The van der Waals surface area contributed by atoms with E-state index in [-0.39, 0.29) is 0 Å². The average molecular weight is 221 g/mol. The summed E-state index contributed by atoms with van der Waals surface area (Å²) in [6, 6.07) is 10.6. The van der Waals surface area contributed by atoms with Crippen LogP contribution in [0.2, 0.25) is 5.02 Å². The first-order valence-corrected chi connectivity index (χ1v) is 4.77. The molecule has 4 heteroatoms. The number of anilines is 1. The van der Waals surface area contributed by atoms with Crippen LogP contribution in [0.1, 0.15) is 0 Å². The van der Waals surface area contributed by atoms with Crippen molar-refractivity contribution in [1.29, 1.82) is 0 Å². The van der Waals surface area contributed by atoms with Gasteiger partial charge in [0, 0.05) is 12.3 Å². The second kappa shape index (κ2) is 4.19. The number of para-hydroxylation sites is 2. The first-order chi connectivity index (χ1) is 7.25. The molecule has 0 fully saturated rings. The van der Waals surface area contributed by atoms with Crippen LogP contribution >= 0.6 is 11.6 Å². The molecular weight excluding hydrogens is 212 g/mol. The topological polar surface area (TPSA) is 48.1 Å². The lowest BCUT2D eigenvalue weighted by Gasteiger charge is -2.06. The summed E-state index contributed by atoms with van der Waals surface area (Å²) < 4.78 is 5.47. The molecule has 0 saturated heterocycles. The van der Waals surface area contributed by atoms with Crippen LogP contribution in [0, 0.1) is 0 Å². The van der Waals surface area contributed by atoms with Crippen LogP contribution in [0.4, 0.5) is 5.69 Å². The SMILES string of the molecule is Nc1ccccc1Oc1ccc(Cl)cn1. The molecular formula is C11H9ClN2O. The normalized spacial score (nSPS) is 9.93. The number of aromatic nitrogens is 1. The van der Waals surface area contributed by atoms with E-state index in [0.29, 0.717) is 22.3 Å². The third-order valence-corrected chi connectivity index (χ3v) is 2.06. The van der Waals surface area contributed by atoms with Gasteiger partial charge in [-0.15, -0.1) is 0 Å². The van der Waals surface area contributed by atoms with Crippen LogP contribution in [0.3, 0.4) is 0 Å². The van der Waals surface area contributed by atoms with Crippen molar-refractivity contribution in [3.8, 4) is 11.6 Å². The number of nitrogens with two attached hydrogens (primary N) is 1. The summed E-state index contributed by atoms with van der Waals surface area (Å²) in [7, 11) is 0. The molecule has 0 aliphatic heterocycles. The maximum Gasteiger partial charge on any atom is 0.219 e. The third kappa shape index (κ3) is 2.39. The number of rotatable bonds is 2. The molecule has 1 heterocycles. The van der Waals surface area contributed by atoms with Crippen LogP contribution in [0.25, 0.3) is 0 Å². The van der Waals surface area contributed by atoms with Gasteiger partial charge in [-0.3, -0.25) is 0 Å². The van der Waals surface area contributed by atoms with Gasteiger partial charge >= 0.3 is 0 Å². The van der Waals surface area contributed by atoms with Crippen molar-refractivity contribution in [1.82, 2.24) is 4.98 Å². The second-order valence-electron chi connectivity index (χ2n) is 2.95. The van der Waals surface area contributed by atoms with Crippen LogP contribution in [-0.4, -0.2) is 4.98 Å². The fraction of sp³-hybridized carbons (Fsp3) is 0. The van der Waals surface area contributed by atoms with Crippen molar-refractivity contribution in [3.63, 3.8) is 0 Å². The smallest absolute Gasteiger partial charge is 0.219 e. The lowest BCUT2D eigenvalue weighted by atomic mass is 10.3. The minimum absolute atomic E-state index is 0.470. The van der Waals surface area contributed by atoms with Crippen LogP contribution in [0.15, 0.2) is 42.6 Å². The summed E-state index contributed by atoms with van der Waals surface area (Å²) in [5.74, 6) is 1.06. The van der Waals surface area contributed by atoms with E-state index in [1.807, 2.05) is 12.1 Å². The number of benzene rings is 1. The zero-order valence-corrected chi connectivity index (χ0v) is 8.61. The zero-order valence-electron chi connectivity index (χ0n) is 7.85. The number of pyridine rings is 1. The number of halogens is 1. The first kappa shape index (κ1) is 9.80. The van der Waals surface area contributed by atoms with Crippen molar-refractivity contribution in [2.75, 3.05) is 5.73 Å². The van der Waals surface area contributed by atoms with E-state index in [4.69, 9.17) is 22.1 Å². The highest BCUT2D eigenvalue weighted by Gasteiger charge is 2.01. The minimum Gasteiger partial charge on any atom is -0.437 e. The minimum atomic E-state index is 0.470. The highest BCUT2D eigenvalue weighted by atomic mass is 35.5. The molecule has 15 heavy (non-hydrogen) atoms. The van der Waals surface area contributed by atoms with Gasteiger partial charge in [0.1, 0.15) is 0 Å². The molecule has 0 aliphatic rings. The fourth-order valence-corrected chi connectivity index (χ4v) is 1.22. The van der Waals surface area contributed by atoms with Gasteiger partial charge in [0.25, 0.3) is 0 Å². The molecule has 2 aromatic rings. The molecule has 0 spiro atoms. The van der Waals surface area contributed by atoms with E-state index in [1.165, 1.54) is 6.20 Å². The van der Waals surface area contributed by atoms with Crippen LogP contribution in [-0.2, 0) is 0 Å². The average Bonchev–Trinajstić information content (AvgIpc) is 2.25. The Labute approximate surface area is 92.5 Å². The molecule has 0 bridgehead atoms. The molecule has 0 amide bonds. The third-order valence-electron chi connectivity index (χ3n) is 1.83. The Morgan fingerprint density at radius 1 is 1.13 bits per heavy atom. The van der Waals surface area contributed by atoms with Gasteiger partial charge in [0.2, 0.25) is 5.88 Å². The van der Waals surface area contributed by atoms with Crippen molar-refractivity contribution < 1.29 is 4.74 Å². The Hall–Kier alpha value is -1.74. The van der Waals surface area contributed by atoms with Crippen LogP contribution < -0.4 is 10.5 Å². The number of hydrogen-bond donors (Lipinski definition) is 1. The van der Waals surface area contributed by atoms with E-state index >= 15 is 0 Å². The highest BCUT2D eigenvalue weighted by molar-refractivity contribution is 6.30. The largest absolute Gasteiger partial charge is 0.437 e. The maximum atomic E-state index is 5.72. The van der Waals surface area contributed by atoms with E-state index in [9.17, 15) is 0 Å². The summed E-state index contributed by atoms with van der Waals surface area (Å²) in [5.41, 5.74) is 6.30. The number of nitrogen functional groups attached to an aromatic ring is 1. The number of nitrogens with zero attached hydrogens (tertiary/aromatic N) is 1. The second-order valence-corrected chi connectivity index (χ2v) is 3.39. The van der Waals surface area contributed by atoms with E-state index < -0.39 is 0 Å². The van der Waals surface area contributed by atoms with E-state index in [1.54, 1.807) is 24.3 Å². The van der Waals surface area contributed by atoms with Gasteiger partial charge < -0.3 is 10.5 Å². The molecule has 0 unspecified atom stereocenters. The van der Waals surface area contributed by atoms with Crippen molar-refractivity contribution >= 4 is 17.3 Å². The van der Waals surface area contributed by atoms with Crippen LogP contribution in [0.5, 0.6) is 11.6 Å². The zero-order chi connectivity index (χ0) is 10.7. The lowest BCUT2D eigenvalue weighted by Crippen LogP contribution is -1.92. The molecule has 2 N–H and O–H groups in total. The van der Waals surface area contributed by atoms with E-state index in [0.717, 1.165) is 0 Å². The number of ether oxygens (including phenoxy) is 1. The quantitative estimate of drug-likeness (QED) is 0.792.